The van der Waals surface area contributed by atoms with E-state index in [4.69, 9.17) is 10.2 Å². The van der Waals surface area contributed by atoms with Crippen LogP contribution in [0.1, 0.15) is 11.1 Å². The third kappa shape index (κ3) is 5.05. The van der Waals surface area contributed by atoms with Gasteiger partial charge in [-0.3, -0.25) is 0 Å². The molecule has 0 unspecified atom stereocenters. The number of hydrogen-bond donors (Lipinski definition) is 2. The first-order valence-electron chi connectivity index (χ1n) is 8.64. The Balaban J connectivity index is 1.74. The minimum Gasteiger partial charge on any atom is -0.478 e. The molecule has 0 saturated heterocycles. The third-order valence-corrected chi connectivity index (χ3v) is 4.21. The maximum atomic E-state index is 10.6. The molecule has 4 heteroatoms. The highest BCUT2D eigenvalue weighted by Gasteiger charge is 2.01. The van der Waals surface area contributed by atoms with Crippen LogP contribution in [0.15, 0.2) is 84.9 Å². The Morgan fingerprint density at radius 2 is 0.750 bits per heavy atom. The first-order valence-corrected chi connectivity index (χ1v) is 8.64. The molecule has 0 saturated carbocycles. The van der Waals surface area contributed by atoms with Gasteiger partial charge in [0.25, 0.3) is 0 Å². The van der Waals surface area contributed by atoms with Crippen molar-refractivity contribution in [2.75, 3.05) is 0 Å². The Morgan fingerprint density at radius 1 is 0.500 bits per heavy atom. The van der Waals surface area contributed by atoms with Crippen molar-refractivity contribution < 1.29 is 19.8 Å². The van der Waals surface area contributed by atoms with Crippen LogP contribution in [0.3, 0.4) is 0 Å². The minimum absolute atomic E-state index is 0.833. The van der Waals surface area contributed by atoms with E-state index in [0.717, 1.165) is 45.5 Å². The average molecular weight is 370 g/mol. The number of carboxylic acids is 2. The van der Waals surface area contributed by atoms with Crippen LogP contribution in [0.25, 0.3) is 34.4 Å². The van der Waals surface area contributed by atoms with Gasteiger partial charge in [-0.1, -0.05) is 72.8 Å². The van der Waals surface area contributed by atoms with Crippen LogP contribution in [0.4, 0.5) is 0 Å². The van der Waals surface area contributed by atoms with E-state index < -0.39 is 11.9 Å². The Bertz CT molecular complexity index is 939. The second kappa shape index (κ2) is 8.64. The molecule has 4 nitrogen and oxygen atoms in total. The molecule has 0 spiro atoms. The molecular formula is C24H18O4. The fraction of sp³-hybridized carbons (Fsp3) is 0. The summed E-state index contributed by atoms with van der Waals surface area (Å²) in [5.74, 6) is -1.93. The first-order chi connectivity index (χ1) is 13.5. The topological polar surface area (TPSA) is 74.6 Å². The summed E-state index contributed by atoms with van der Waals surface area (Å²) in [5.41, 5.74) is 5.90. The van der Waals surface area contributed by atoms with E-state index in [-0.39, 0.29) is 0 Å². The Morgan fingerprint density at radius 3 is 1.00 bits per heavy atom. The van der Waals surface area contributed by atoms with E-state index >= 15 is 0 Å². The molecule has 0 fully saturated rings. The molecular weight excluding hydrogens is 352 g/mol. The van der Waals surface area contributed by atoms with Gasteiger partial charge in [-0.05, 0) is 45.5 Å². The molecule has 0 heterocycles. The molecule has 138 valence electrons. The molecule has 0 aliphatic carbocycles. The molecule has 0 aliphatic rings. The van der Waals surface area contributed by atoms with Gasteiger partial charge < -0.3 is 10.2 Å². The van der Waals surface area contributed by atoms with E-state index in [9.17, 15) is 9.59 Å². The number of hydrogen-bond acceptors (Lipinski definition) is 2. The van der Waals surface area contributed by atoms with Crippen molar-refractivity contribution in [1.29, 1.82) is 0 Å². The van der Waals surface area contributed by atoms with Crippen molar-refractivity contribution in [1.82, 2.24) is 0 Å². The van der Waals surface area contributed by atoms with Crippen LogP contribution in [-0.4, -0.2) is 22.2 Å². The van der Waals surface area contributed by atoms with Crippen LogP contribution < -0.4 is 0 Å². The van der Waals surface area contributed by atoms with Gasteiger partial charge in [0.05, 0.1) is 0 Å². The van der Waals surface area contributed by atoms with Crippen LogP contribution in [0.5, 0.6) is 0 Å². The molecule has 28 heavy (non-hydrogen) atoms. The number of carboxylic acid groups (broad SMARTS) is 2. The summed E-state index contributed by atoms with van der Waals surface area (Å²) >= 11 is 0. The predicted octanol–water partition coefficient (Wildman–Crippen LogP) is 5.22. The monoisotopic (exact) mass is 370 g/mol. The zero-order valence-electron chi connectivity index (χ0n) is 14.9. The largest absolute Gasteiger partial charge is 0.478 e. The highest BCUT2D eigenvalue weighted by atomic mass is 16.4. The predicted molar refractivity (Wildman–Crippen MR) is 111 cm³/mol. The quantitative estimate of drug-likeness (QED) is 0.584. The summed E-state index contributed by atoms with van der Waals surface area (Å²) in [6.07, 6.45) is 5.36. The zero-order valence-corrected chi connectivity index (χ0v) is 14.9. The van der Waals surface area contributed by atoms with Gasteiger partial charge in [-0.2, -0.15) is 0 Å². The molecule has 3 aromatic rings. The van der Waals surface area contributed by atoms with Gasteiger partial charge in [0.15, 0.2) is 0 Å². The van der Waals surface area contributed by atoms with Gasteiger partial charge >= 0.3 is 11.9 Å². The summed E-state index contributed by atoms with van der Waals surface area (Å²) < 4.78 is 0. The number of aliphatic carboxylic acids is 2. The van der Waals surface area contributed by atoms with Crippen LogP contribution in [-0.2, 0) is 9.59 Å². The molecule has 2 N–H and O–H groups in total. The van der Waals surface area contributed by atoms with E-state index in [1.54, 1.807) is 12.2 Å². The summed E-state index contributed by atoms with van der Waals surface area (Å²) in [7, 11) is 0. The highest BCUT2D eigenvalue weighted by Crippen LogP contribution is 2.25. The molecule has 0 aromatic heterocycles. The van der Waals surface area contributed by atoms with Gasteiger partial charge in [0.2, 0.25) is 0 Å². The lowest BCUT2D eigenvalue weighted by atomic mass is 9.99. The van der Waals surface area contributed by atoms with Crippen molar-refractivity contribution >= 4 is 24.1 Å². The second-order valence-corrected chi connectivity index (χ2v) is 6.16. The maximum absolute atomic E-state index is 10.6. The normalized spacial score (nSPS) is 11.1. The fourth-order valence-corrected chi connectivity index (χ4v) is 2.76. The lowest BCUT2D eigenvalue weighted by Crippen LogP contribution is -1.86. The molecule has 0 atom stereocenters. The van der Waals surface area contributed by atoms with E-state index in [2.05, 4.69) is 0 Å². The van der Waals surface area contributed by atoms with Crippen LogP contribution in [0, 0.1) is 0 Å². The average Bonchev–Trinajstić information content (AvgIpc) is 2.72. The van der Waals surface area contributed by atoms with E-state index in [1.807, 2.05) is 72.8 Å². The summed E-state index contributed by atoms with van der Waals surface area (Å²) in [6.45, 7) is 0. The van der Waals surface area contributed by atoms with Gasteiger partial charge in [-0.25, -0.2) is 9.59 Å². The van der Waals surface area contributed by atoms with Crippen LogP contribution >= 0.6 is 0 Å². The van der Waals surface area contributed by atoms with Gasteiger partial charge in [0, 0.05) is 12.2 Å². The smallest absolute Gasteiger partial charge is 0.328 e. The van der Waals surface area contributed by atoms with Crippen molar-refractivity contribution in [3.8, 4) is 22.3 Å². The Labute approximate surface area is 162 Å². The highest BCUT2D eigenvalue weighted by molar-refractivity contribution is 5.86. The Kier molecular flexibility index (Phi) is 5.82. The summed E-state index contributed by atoms with van der Waals surface area (Å²) in [5, 5.41) is 17.4. The molecule has 0 bridgehead atoms. The zero-order chi connectivity index (χ0) is 19.9. The van der Waals surface area contributed by atoms with Gasteiger partial charge in [-0.15, -0.1) is 0 Å². The summed E-state index contributed by atoms with van der Waals surface area (Å²) in [6, 6.07) is 23.5. The molecule has 3 aromatic carbocycles. The lowest BCUT2D eigenvalue weighted by molar-refractivity contribution is -0.132. The van der Waals surface area contributed by atoms with E-state index in [0.29, 0.717) is 0 Å². The SMILES string of the molecule is O=C(O)/C=C/c1ccc(-c2ccc(-c3ccc(/C=C/C(=O)O)cc3)cc2)cc1. The van der Waals surface area contributed by atoms with Crippen molar-refractivity contribution in [3.05, 3.63) is 96.1 Å². The Hall–Kier alpha value is -3.92. The fourth-order valence-electron chi connectivity index (χ4n) is 2.76. The van der Waals surface area contributed by atoms with E-state index in [1.165, 1.54) is 0 Å². The van der Waals surface area contributed by atoms with Crippen molar-refractivity contribution in [3.63, 3.8) is 0 Å². The second-order valence-electron chi connectivity index (χ2n) is 6.16. The molecule has 3 rings (SSSR count). The van der Waals surface area contributed by atoms with Crippen molar-refractivity contribution in [2.45, 2.75) is 0 Å². The van der Waals surface area contributed by atoms with Gasteiger partial charge in [0.1, 0.15) is 0 Å². The number of carbonyl (C=O) groups is 2. The first kappa shape index (κ1) is 18.9. The number of rotatable bonds is 6. The molecule has 0 amide bonds. The maximum Gasteiger partial charge on any atom is 0.328 e. The minimum atomic E-state index is -0.967. The lowest BCUT2D eigenvalue weighted by Gasteiger charge is -2.06. The standard InChI is InChI=1S/C24H18O4/c25-23(26)15-5-17-1-7-19(8-2-17)21-11-13-22(14-12-21)20-9-3-18(4-10-20)6-16-24(27)28/h1-16H,(H,25,26)(H,27,28)/b15-5+,16-6+. The molecule has 0 aliphatic heterocycles. The third-order valence-electron chi connectivity index (χ3n) is 4.21. The molecule has 0 radical (unpaired) electrons. The van der Waals surface area contributed by atoms with Crippen molar-refractivity contribution in [2.24, 2.45) is 0 Å². The summed E-state index contributed by atoms with van der Waals surface area (Å²) in [4.78, 5) is 21.1. The number of benzene rings is 3. The van der Waals surface area contributed by atoms with Crippen LogP contribution in [0.2, 0.25) is 0 Å².